The van der Waals surface area contributed by atoms with E-state index in [2.05, 4.69) is 10.5 Å². The minimum atomic E-state index is -4.33. The Hall–Kier alpha value is -1.83. The third-order valence-corrected chi connectivity index (χ3v) is 2.02. The molecule has 1 aromatic carbocycles. The summed E-state index contributed by atoms with van der Waals surface area (Å²) in [6.07, 6.45) is -4.33. The first kappa shape index (κ1) is 14.2. The largest absolute Gasteiger partial charge is 0.409 e. The van der Waals surface area contributed by atoms with Crippen LogP contribution in [0.4, 0.5) is 17.6 Å². The van der Waals surface area contributed by atoms with Crippen LogP contribution in [0.3, 0.4) is 0 Å². The Morgan fingerprint density at radius 1 is 1.33 bits per heavy atom. The normalized spacial score (nSPS) is 12.8. The molecule has 4 nitrogen and oxygen atoms in total. The quantitative estimate of drug-likeness (QED) is 0.254. The van der Waals surface area contributed by atoms with Gasteiger partial charge < -0.3 is 16.3 Å². The predicted octanol–water partition coefficient (Wildman–Crippen LogP) is 1.57. The van der Waals surface area contributed by atoms with Crippen molar-refractivity contribution in [1.29, 1.82) is 0 Å². The minimum absolute atomic E-state index is 0.0984. The van der Waals surface area contributed by atoms with E-state index in [1.54, 1.807) is 0 Å². The number of oxime groups is 1. The van der Waals surface area contributed by atoms with E-state index >= 15 is 0 Å². The van der Waals surface area contributed by atoms with Crippen molar-refractivity contribution < 1.29 is 22.8 Å². The highest BCUT2D eigenvalue weighted by molar-refractivity contribution is 5.97. The van der Waals surface area contributed by atoms with E-state index in [9.17, 15) is 17.6 Å². The third-order valence-electron chi connectivity index (χ3n) is 2.02. The maximum atomic E-state index is 13.1. The molecule has 0 aliphatic carbocycles. The van der Waals surface area contributed by atoms with Crippen LogP contribution in [0, 0.1) is 5.82 Å². The number of hydrogen-bond donors (Lipinski definition) is 3. The minimum Gasteiger partial charge on any atom is -0.409 e. The van der Waals surface area contributed by atoms with Gasteiger partial charge in [-0.15, -0.1) is 0 Å². The smallest absolute Gasteiger partial charge is 0.401 e. The highest BCUT2D eigenvalue weighted by Gasteiger charge is 2.26. The van der Waals surface area contributed by atoms with Crippen molar-refractivity contribution in [2.75, 3.05) is 6.54 Å². The Bertz CT molecular complexity index is 445. The Morgan fingerprint density at radius 3 is 2.56 bits per heavy atom. The first-order chi connectivity index (χ1) is 8.31. The van der Waals surface area contributed by atoms with Gasteiger partial charge in [-0.05, 0) is 23.8 Å². The number of nitrogens with two attached hydrogens (primary N) is 1. The number of alkyl halides is 3. The van der Waals surface area contributed by atoms with Gasteiger partial charge in [0.2, 0.25) is 0 Å². The molecule has 0 amide bonds. The monoisotopic (exact) mass is 265 g/mol. The molecule has 1 aromatic rings. The highest BCUT2D eigenvalue weighted by atomic mass is 19.4. The molecule has 0 radical (unpaired) electrons. The number of benzene rings is 1. The van der Waals surface area contributed by atoms with E-state index in [-0.39, 0.29) is 23.5 Å². The molecule has 0 saturated carbocycles. The standard InChI is InChI=1S/C10H11F4N3O/c11-8-2-6(4-16-5-10(12,13)14)1-7(3-8)9(15)17-18/h1-3,16,18H,4-5H2,(H2,15,17). The summed E-state index contributed by atoms with van der Waals surface area (Å²) < 4.78 is 48.8. The van der Waals surface area contributed by atoms with Gasteiger partial charge in [-0.25, -0.2) is 4.39 Å². The van der Waals surface area contributed by atoms with E-state index in [4.69, 9.17) is 10.9 Å². The molecular formula is C10H11F4N3O. The molecule has 1 rings (SSSR count). The summed E-state index contributed by atoms with van der Waals surface area (Å²) in [6.45, 7) is -1.36. The average Bonchev–Trinajstić information content (AvgIpc) is 2.25. The lowest BCUT2D eigenvalue weighted by molar-refractivity contribution is -0.125. The summed E-state index contributed by atoms with van der Waals surface area (Å²) in [5.41, 5.74) is 5.63. The Labute approximate surface area is 100 Å². The number of nitrogens with zero attached hydrogens (tertiary/aromatic N) is 1. The fraction of sp³-hybridized carbons (Fsp3) is 0.300. The molecule has 0 saturated heterocycles. The first-order valence-electron chi connectivity index (χ1n) is 4.86. The van der Waals surface area contributed by atoms with Crippen molar-refractivity contribution in [3.05, 3.63) is 35.1 Å². The van der Waals surface area contributed by atoms with Crippen molar-refractivity contribution >= 4 is 5.84 Å². The summed E-state index contributed by atoms with van der Waals surface area (Å²) >= 11 is 0. The molecule has 0 atom stereocenters. The number of amidine groups is 1. The van der Waals surface area contributed by atoms with Crippen LogP contribution in [-0.2, 0) is 6.54 Å². The predicted molar refractivity (Wildman–Crippen MR) is 56.7 cm³/mol. The van der Waals surface area contributed by atoms with Crippen LogP contribution in [0.25, 0.3) is 0 Å². The van der Waals surface area contributed by atoms with Gasteiger partial charge in [-0.3, -0.25) is 0 Å². The molecular weight excluding hydrogens is 254 g/mol. The summed E-state index contributed by atoms with van der Waals surface area (Å²) in [6, 6.07) is 3.42. The number of rotatable bonds is 4. The lowest BCUT2D eigenvalue weighted by atomic mass is 10.1. The van der Waals surface area contributed by atoms with Crippen LogP contribution >= 0.6 is 0 Å². The zero-order valence-corrected chi connectivity index (χ0v) is 9.13. The third kappa shape index (κ3) is 4.58. The van der Waals surface area contributed by atoms with E-state index in [0.29, 0.717) is 0 Å². The van der Waals surface area contributed by atoms with Gasteiger partial charge in [-0.1, -0.05) is 5.16 Å². The molecule has 0 aliphatic rings. The van der Waals surface area contributed by atoms with E-state index < -0.39 is 18.5 Å². The lowest BCUT2D eigenvalue weighted by Crippen LogP contribution is -2.28. The molecule has 100 valence electrons. The van der Waals surface area contributed by atoms with Crippen LogP contribution < -0.4 is 11.1 Å². The maximum absolute atomic E-state index is 13.1. The Morgan fingerprint density at radius 2 is 2.00 bits per heavy atom. The Balaban J connectivity index is 2.75. The average molecular weight is 265 g/mol. The second kappa shape index (κ2) is 5.67. The molecule has 0 spiro atoms. The van der Waals surface area contributed by atoms with Gasteiger partial charge in [0, 0.05) is 12.1 Å². The van der Waals surface area contributed by atoms with Gasteiger partial charge >= 0.3 is 6.18 Å². The molecule has 0 aromatic heterocycles. The van der Waals surface area contributed by atoms with Crippen LogP contribution in [0.5, 0.6) is 0 Å². The van der Waals surface area contributed by atoms with E-state index in [0.717, 1.165) is 12.1 Å². The Kier molecular flexibility index (Phi) is 4.49. The lowest BCUT2D eigenvalue weighted by Gasteiger charge is -2.09. The van der Waals surface area contributed by atoms with Crippen molar-refractivity contribution in [3.63, 3.8) is 0 Å². The maximum Gasteiger partial charge on any atom is 0.401 e. The SMILES string of the molecule is N/C(=N/O)c1cc(F)cc(CNCC(F)(F)F)c1. The molecule has 0 fully saturated rings. The zero-order valence-electron chi connectivity index (χ0n) is 9.13. The molecule has 18 heavy (non-hydrogen) atoms. The van der Waals surface area contributed by atoms with Crippen LogP contribution in [-0.4, -0.2) is 23.8 Å². The zero-order chi connectivity index (χ0) is 13.8. The van der Waals surface area contributed by atoms with Crippen LogP contribution in [0.15, 0.2) is 23.4 Å². The molecule has 4 N–H and O–H groups in total. The molecule has 0 heterocycles. The summed E-state index contributed by atoms with van der Waals surface area (Å²) in [5.74, 6) is -0.991. The first-order valence-corrected chi connectivity index (χ1v) is 4.86. The van der Waals surface area contributed by atoms with Crippen molar-refractivity contribution in [1.82, 2.24) is 5.32 Å². The van der Waals surface area contributed by atoms with Gasteiger partial charge in [-0.2, -0.15) is 13.2 Å². The molecule has 0 unspecified atom stereocenters. The summed E-state index contributed by atoms with van der Waals surface area (Å²) in [7, 11) is 0. The topological polar surface area (TPSA) is 70.6 Å². The van der Waals surface area contributed by atoms with Crippen molar-refractivity contribution in [3.8, 4) is 0 Å². The van der Waals surface area contributed by atoms with E-state index in [1.165, 1.54) is 6.07 Å². The van der Waals surface area contributed by atoms with Crippen LogP contribution in [0.2, 0.25) is 0 Å². The number of nitrogens with one attached hydrogen (secondary N) is 1. The van der Waals surface area contributed by atoms with Crippen molar-refractivity contribution in [2.45, 2.75) is 12.7 Å². The molecule has 0 aliphatic heterocycles. The van der Waals surface area contributed by atoms with Gasteiger partial charge in [0.25, 0.3) is 0 Å². The fourth-order valence-electron chi connectivity index (χ4n) is 1.31. The number of halogens is 4. The van der Waals surface area contributed by atoms with Crippen LogP contribution in [0.1, 0.15) is 11.1 Å². The summed E-state index contributed by atoms with van der Waals surface area (Å²) in [4.78, 5) is 0. The van der Waals surface area contributed by atoms with Gasteiger partial charge in [0.15, 0.2) is 5.84 Å². The molecule has 8 heteroatoms. The highest BCUT2D eigenvalue weighted by Crippen LogP contribution is 2.13. The number of hydrogen-bond acceptors (Lipinski definition) is 3. The van der Waals surface area contributed by atoms with Crippen molar-refractivity contribution in [2.24, 2.45) is 10.9 Å². The second-order valence-electron chi connectivity index (χ2n) is 3.55. The second-order valence-corrected chi connectivity index (χ2v) is 3.55. The summed E-state index contributed by atoms with van der Waals surface area (Å²) in [5, 5.41) is 13.2. The van der Waals surface area contributed by atoms with Gasteiger partial charge in [0.1, 0.15) is 5.82 Å². The van der Waals surface area contributed by atoms with Gasteiger partial charge in [0.05, 0.1) is 6.54 Å². The molecule has 0 bridgehead atoms. The van der Waals surface area contributed by atoms with E-state index in [1.807, 2.05) is 0 Å². The fourth-order valence-corrected chi connectivity index (χ4v) is 1.31.